The number of aromatic nitrogens is 4. The fraction of sp³-hybridized carbons (Fsp3) is 0.346. The van der Waals surface area contributed by atoms with Gasteiger partial charge < -0.3 is 28.9 Å². The highest BCUT2D eigenvalue weighted by molar-refractivity contribution is 14.1. The van der Waals surface area contributed by atoms with Gasteiger partial charge in [0, 0.05) is 60.2 Å². The Labute approximate surface area is 404 Å². The minimum Gasteiger partial charge on any atom is -0.461 e. The smallest absolute Gasteiger partial charge is 0.410 e. The van der Waals surface area contributed by atoms with Gasteiger partial charge in [-0.1, -0.05) is 109 Å². The molecule has 0 radical (unpaired) electrons. The molecule has 1 amide bonds. The number of anilines is 1. The van der Waals surface area contributed by atoms with E-state index in [-0.39, 0.29) is 53.0 Å². The van der Waals surface area contributed by atoms with Crippen molar-refractivity contribution in [2.24, 2.45) is 0 Å². The number of nitrogens with zero attached hydrogens (tertiary/aromatic N) is 7. The number of piperazine rings is 1. The molecule has 7 aromatic rings. The molecule has 14 heteroatoms. The summed E-state index contributed by atoms with van der Waals surface area (Å²) in [5.41, 5.74) is 3.96. The third-order valence-corrected chi connectivity index (χ3v) is 13.7. The molecule has 0 spiro atoms. The number of amides is 1. The van der Waals surface area contributed by atoms with Crippen LogP contribution in [0.25, 0.3) is 32.9 Å². The van der Waals surface area contributed by atoms with Crippen molar-refractivity contribution < 1.29 is 23.4 Å². The number of hydrogen-bond donors (Lipinski definition) is 0. The number of benzene rings is 5. The third-order valence-electron chi connectivity index (χ3n) is 12.6. The van der Waals surface area contributed by atoms with Crippen molar-refractivity contribution in [2.75, 3.05) is 51.3 Å². The van der Waals surface area contributed by atoms with Crippen molar-refractivity contribution >= 4 is 67.9 Å². The summed E-state index contributed by atoms with van der Waals surface area (Å²) in [7, 11) is 2.04. The van der Waals surface area contributed by atoms with Gasteiger partial charge in [0.25, 0.3) is 0 Å². The molecule has 0 bridgehead atoms. The summed E-state index contributed by atoms with van der Waals surface area (Å²) in [6, 6.07) is 36.4. The van der Waals surface area contributed by atoms with Crippen molar-refractivity contribution in [1.82, 2.24) is 29.5 Å². The predicted molar refractivity (Wildman–Crippen MR) is 267 cm³/mol. The Bertz CT molecular complexity index is 2800. The van der Waals surface area contributed by atoms with E-state index in [0.717, 1.165) is 39.7 Å². The zero-order valence-corrected chi connectivity index (χ0v) is 41.2. The zero-order valence-electron chi connectivity index (χ0n) is 38.3. The number of morpholine rings is 1. The molecule has 0 N–H and O–H groups in total. The lowest BCUT2D eigenvalue weighted by atomic mass is 9.77. The molecule has 2 aliphatic rings. The number of carbonyl (C=O) groups is 1. The first-order valence-corrected chi connectivity index (χ1v) is 23.9. The van der Waals surface area contributed by atoms with Gasteiger partial charge in [0.15, 0.2) is 5.82 Å². The van der Waals surface area contributed by atoms with Crippen molar-refractivity contribution in [3.8, 4) is 17.1 Å². The summed E-state index contributed by atoms with van der Waals surface area (Å²) in [6.45, 7) is 14.5. The van der Waals surface area contributed by atoms with Crippen LogP contribution in [-0.4, -0.2) is 106 Å². The fourth-order valence-electron chi connectivity index (χ4n) is 9.56. The SMILES string of the molecule is Cc1ccc2c(c(I)nn2C(c2ccccc2)(c2ccccc2)c2ccccc2)c1-c1c(Cl)cc2c(N3C[C@@H](C)N(C(=O)OC(C)(C)C)C[C@@H]3C)nc(OCC3CN(C)CCO3)nc2c1F. The van der Waals surface area contributed by atoms with E-state index in [1.807, 2.05) is 109 Å². The summed E-state index contributed by atoms with van der Waals surface area (Å²) >= 11 is 9.68. The molecule has 2 fully saturated rings. The third kappa shape index (κ3) is 8.48. The summed E-state index contributed by atoms with van der Waals surface area (Å²) in [5.74, 6) is -0.143. The number of halogens is 3. The molecule has 3 atom stereocenters. The number of hydrogen-bond acceptors (Lipinski definition) is 9. The lowest BCUT2D eigenvalue weighted by Gasteiger charge is -2.45. The van der Waals surface area contributed by atoms with Crippen LogP contribution in [0.4, 0.5) is 15.0 Å². The van der Waals surface area contributed by atoms with Crippen molar-refractivity contribution in [3.05, 3.63) is 146 Å². The van der Waals surface area contributed by atoms with Gasteiger partial charge in [-0.15, -0.1) is 0 Å². The first-order valence-electron chi connectivity index (χ1n) is 22.4. The minimum atomic E-state index is -0.920. The summed E-state index contributed by atoms with van der Waals surface area (Å²) < 4.78 is 39.1. The fourth-order valence-corrected chi connectivity index (χ4v) is 10.6. The second-order valence-electron chi connectivity index (χ2n) is 18.5. The minimum absolute atomic E-state index is 0.0200. The lowest BCUT2D eigenvalue weighted by molar-refractivity contribution is -0.0416. The number of carbonyl (C=O) groups excluding carboxylic acids is 1. The van der Waals surface area contributed by atoms with Gasteiger partial charge in [0.2, 0.25) is 0 Å². The standard InChI is InChI=1S/C52H54ClFIN7O4/c1-32-23-24-41-44(47(55)58-62(41)52(35-17-11-8-12-18-35,36-19-13-9-14-20-36)37-21-15-10-16-22-37)42(32)43-40(53)27-39-46(45(43)54)56-49(65-31-38-30-59(7)25-26-64-38)57-48(39)60-28-34(3)61(29-33(60)2)50(63)66-51(4,5)6/h8-24,27,33-34,38H,25-26,28-31H2,1-7H3/t33-,34+,38?/m0/s1. The number of fused-ring (bicyclic) bond motifs is 2. The Kier molecular flexibility index (Phi) is 12.8. The van der Waals surface area contributed by atoms with Crippen LogP contribution in [0.3, 0.4) is 0 Å². The van der Waals surface area contributed by atoms with Crippen LogP contribution in [0.1, 0.15) is 56.9 Å². The second-order valence-corrected chi connectivity index (χ2v) is 19.9. The van der Waals surface area contributed by atoms with Crippen LogP contribution in [0.2, 0.25) is 5.02 Å². The van der Waals surface area contributed by atoms with Crippen LogP contribution in [-0.2, 0) is 15.0 Å². The molecule has 0 aliphatic carbocycles. The van der Waals surface area contributed by atoms with Gasteiger partial charge in [0.05, 0.1) is 17.1 Å². The maximum absolute atomic E-state index is 18.2. The molecular weight excluding hydrogens is 968 g/mol. The van der Waals surface area contributed by atoms with Gasteiger partial charge in [-0.25, -0.2) is 13.9 Å². The van der Waals surface area contributed by atoms with E-state index >= 15 is 4.39 Å². The highest BCUT2D eigenvalue weighted by Crippen LogP contribution is 2.48. The van der Waals surface area contributed by atoms with E-state index in [1.54, 1.807) is 11.0 Å². The van der Waals surface area contributed by atoms with E-state index in [4.69, 9.17) is 40.9 Å². The molecule has 66 heavy (non-hydrogen) atoms. The van der Waals surface area contributed by atoms with Crippen molar-refractivity contribution in [2.45, 2.75) is 70.9 Å². The molecule has 5 aromatic carbocycles. The van der Waals surface area contributed by atoms with Crippen LogP contribution in [0.15, 0.2) is 109 Å². The van der Waals surface area contributed by atoms with E-state index in [2.05, 4.69) is 79.5 Å². The van der Waals surface area contributed by atoms with Gasteiger partial charge in [0.1, 0.15) is 38.9 Å². The maximum atomic E-state index is 18.2. The molecule has 342 valence electrons. The first-order chi connectivity index (χ1) is 31.6. The van der Waals surface area contributed by atoms with Crippen molar-refractivity contribution in [1.29, 1.82) is 0 Å². The highest BCUT2D eigenvalue weighted by atomic mass is 127. The van der Waals surface area contributed by atoms with E-state index in [0.29, 0.717) is 46.7 Å². The number of aryl methyl sites for hydroxylation is 1. The van der Waals surface area contributed by atoms with Gasteiger partial charge in [-0.2, -0.15) is 15.1 Å². The lowest BCUT2D eigenvalue weighted by Crippen LogP contribution is -2.59. The van der Waals surface area contributed by atoms with Crippen LogP contribution < -0.4 is 9.64 Å². The maximum Gasteiger partial charge on any atom is 0.410 e. The largest absolute Gasteiger partial charge is 0.461 e. The topological polar surface area (TPSA) is 98.1 Å². The Hall–Kier alpha value is -5.35. The molecule has 1 unspecified atom stereocenters. The molecule has 9 rings (SSSR count). The van der Waals surface area contributed by atoms with Crippen LogP contribution in [0, 0.1) is 16.4 Å². The second kappa shape index (κ2) is 18.4. The average molecular weight is 1020 g/mol. The Morgan fingerprint density at radius 2 is 1.48 bits per heavy atom. The van der Waals surface area contributed by atoms with E-state index in [9.17, 15) is 4.79 Å². The normalized spacial score (nSPS) is 18.5. The quantitative estimate of drug-likeness (QED) is 0.103. The summed E-state index contributed by atoms with van der Waals surface area (Å²) in [5, 5.41) is 6.78. The Morgan fingerprint density at radius 3 is 2.08 bits per heavy atom. The number of rotatable bonds is 9. The van der Waals surface area contributed by atoms with E-state index in [1.165, 1.54) is 0 Å². The molecule has 2 aliphatic heterocycles. The predicted octanol–water partition coefficient (Wildman–Crippen LogP) is 10.7. The molecule has 2 aromatic heterocycles. The molecule has 0 saturated carbocycles. The van der Waals surface area contributed by atoms with Crippen LogP contribution >= 0.6 is 34.2 Å². The average Bonchev–Trinajstić information content (AvgIpc) is 3.63. The summed E-state index contributed by atoms with van der Waals surface area (Å²) in [6.07, 6.45) is -0.604. The van der Waals surface area contributed by atoms with Gasteiger partial charge >= 0.3 is 12.1 Å². The van der Waals surface area contributed by atoms with Gasteiger partial charge in [-0.3, -0.25) is 0 Å². The zero-order chi connectivity index (χ0) is 46.5. The van der Waals surface area contributed by atoms with Gasteiger partial charge in [-0.05, 0) is 106 Å². The Morgan fingerprint density at radius 1 is 0.864 bits per heavy atom. The Balaban J connectivity index is 1.23. The van der Waals surface area contributed by atoms with E-state index < -0.39 is 17.0 Å². The highest BCUT2D eigenvalue weighted by Gasteiger charge is 2.42. The molecule has 2 saturated heterocycles. The van der Waals surface area contributed by atoms with Crippen LogP contribution in [0.5, 0.6) is 6.01 Å². The number of likely N-dealkylation sites (N-methyl/N-ethyl adjacent to an activating group) is 1. The van der Waals surface area contributed by atoms with Crippen molar-refractivity contribution in [3.63, 3.8) is 0 Å². The monoisotopic (exact) mass is 1020 g/mol. The first kappa shape index (κ1) is 45.8. The molecule has 11 nitrogen and oxygen atoms in total. The molecule has 4 heterocycles. The summed E-state index contributed by atoms with van der Waals surface area (Å²) in [4.78, 5) is 29.2. The number of ether oxygens (including phenoxy) is 3. The molecular formula is C52H54ClFIN7O4.